The van der Waals surface area contributed by atoms with Gasteiger partial charge in [-0.05, 0) is 37.8 Å². The minimum Gasteiger partial charge on any atom is -0.371 e. The maximum absolute atomic E-state index is 13.5. The van der Waals surface area contributed by atoms with Gasteiger partial charge in [0.1, 0.15) is 5.01 Å². The molecule has 3 aromatic rings. The van der Waals surface area contributed by atoms with Crippen molar-refractivity contribution >= 4 is 34.7 Å². The maximum atomic E-state index is 13.5. The molecule has 2 aromatic carbocycles. The minimum absolute atomic E-state index is 0.0497. The Kier molecular flexibility index (Phi) is 6.05. The summed E-state index contributed by atoms with van der Waals surface area (Å²) in [4.78, 5) is 49.7. The first-order valence-electron chi connectivity index (χ1n) is 12.6. The van der Waals surface area contributed by atoms with Crippen LogP contribution in [0.25, 0.3) is 11.3 Å². The molecule has 2 saturated heterocycles. The molecule has 0 radical (unpaired) electrons. The number of rotatable bonds is 5. The maximum Gasteiger partial charge on any atom is 0.264 e. The highest BCUT2D eigenvalue weighted by atomic mass is 32.1. The van der Waals surface area contributed by atoms with Crippen molar-refractivity contribution in [2.75, 3.05) is 31.1 Å². The summed E-state index contributed by atoms with van der Waals surface area (Å²) in [6.45, 7) is 3.33. The molecule has 0 N–H and O–H groups in total. The zero-order valence-electron chi connectivity index (χ0n) is 20.1. The molecule has 0 saturated carbocycles. The van der Waals surface area contributed by atoms with Gasteiger partial charge < -0.3 is 9.80 Å². The Balaban J connectivity index is 1.17. The van der Waals surface area contributed by atoms with E-state index in [0.29, 0.717) is 24.2 Å². The van der Waals surface area contributed by atoms with Gasteiger partial charge in [0.05, 0.1) is 29.1 Å². The van der Waals surface area contributed by atoms with Gasteiger partial charge in [-0.3, -0.25) is 19.3 Å². The van der Waals surface area contributed by atoms with E-state index in [1.54, 1.807) is 6.07 Å². The monoisotopic (exact) mass is 500 g/mol. The van der Waals surface area contributed by atoms with Crippen LogP contribution in [0, 0.1) is 5.92 Å². The molecular formula is C28H28N4O3S. The largest absolute Gasteiger partial charge is 0.371 e. The lowest BCUT2D eigenvalue weighted by atomic mass is 9.94. The number of anilines is 1. The number of amides is 3. The third kappa shape index (κ3) is 4.09. The summed E-state index contributed by atoms with van der Waals surface area (Å²) in [5.41, 5.74) is 3.58. The lowest BCUT2D eigenvalue weighted by Gasteiger charge is -2.35. The Morgan fingerprint density at radius 2 is 1.67 bits per heavy atom. The highest BCUT2D eigenvalue weighted by Gasteiger charge is 2.40. The van der Waals surface area contributed by atoms with Gasteiger partial charge in [0.15, 0.2) is 0 Å². The molecule has 7 nitrogen and oxygen atoms in total. The summed E-state index contributed by atoms with van der Waals surface area (Å²) in [7, 11) is 0. The van der Waals surface area contributed by atoms with E-state index < -0.39 is 0 Å². The van der Waals surface area contributed by atoms with Gasteiger partial charge in [-0.2, -0.15) is 0 Å². The lowest BCUT2D eigenvalue weighted by molar-refractivity contribution is -0.135. The van der Waals surface area contributed by atoms with Crippen LogP contribution >= 0.6 is 11.3 Å². The number of hydrogen-bond donors (Lipinski definition) is 0. The molecule has 36 heavy (non-hydrogen) atoms. The normalized spacial score (nSPS) is 18.3. The van der Waals surface area contributed by atoms with Gasteiger partial charge in [-0.1, -0.05) is 36.4 Å². The van der Waals surface area contributed by atoms with E-state index in [0.717, 1.165) is 60.7 Å². The van der Waals surface area contributed by atoms with Crippen LogP contribution in [0.2, 0.25) is 0 Å². The van der Waals surface area contributed by atoms with Crippen molar-refractivity contribution in [2.45, 2.75) is 32.2 Å². The average molecular weight is 501 g/mol. The Bertz CT molecular complexity index is 1310. The summed E-state index contributed by atoms with van der Waals surface area (Å²) in [5, 5.41) is 2.69. The summed E-state index contributed by atoms with van der Waals surface area (Å²) in [6.07, 6.45) is 3.74. The van der Waals surface area contributed by atoms with E-state index in [1.165, 1.54) is 16.2 Å². The standard InChI is InChI=1S/C28H28N4O3S/c33-26(31-13-4-5-14-31)20-11-15-30(16-12-20)23-10-6-9-21-25(23)28(35)32(27(21)34)17-24-29-22(18-36-24)19-7-2-1-3-8-19/h1-3,6-10,18,20H,4-5,11-17H2. The van der Waals surface area contributed by atoms with Crippen LogP contribution in [0.1, 0.15) is 51.4 Å². The van der Waals surface area contributed by atoms with Gasteiger partial charge in [0.2, 0.25) is 5.91 Å². The molecule has 0 aliphatic carbocycles. The summed E-state index contributed by atoms with van der Waals surface area (Å²) < 4.78 is 0. The van der Waals surface area contributed by atoms with Crippen molar-refractivity contribution in [1.29, 1.82) is 0 Å². The highest BCUT2D eigenvalue weighted by molar-refractivity contribution is 7.10. The summed E-state index contributed by atoms with van der Waals surface area (Å²) >= 11 is 1.46. The van der Waals surface area contributed by atoms with Crippen LogP contribution < -0.4 is 4.90 Å². The molecule has 4 heterocycles. The Morgan fingerprint density at radius 1 is 0.917 bits per heavy atom. The van der Waals surface area contributed by atoms with Crippen LogP contribution in [-0.4, -0.2) is 58.7 Å². The molecule has 184 valence electrons. The quantitative estimate of drug-likeness (QED) is 0.484. The summed E-state index contributed by atoms with van der Waals surface area (Å²) in [5.74, 6) is -0.209. The number of carbonyl (C=O) groups excluding carboxylic acids is 3. The number of hydrogen-bond acceptors (Lipinski definition) is 6. The van der Waals surface area contributed by atoms with E-state index in [9.17, 15) is 14.4 Å². The fourth-order valence-electron chi connectivity index (χ4n) is 5.55. The van der Waals surface area contributed by atoms with Crippen molar-refractivity contribution in [2.24, 2.45) is 5.92 Å². The zero-order chi connectivity index (χ0) is 24.6. The minimum atomic E-state index is -0.271. The molecule has 3 aliphatic rings. The van der Waals surface area contributed by atoms with Crippen molar-refractivity contribution in [3.8, 4) is 11.3 Å². The molecule has 0 bridgehead atoms. The van der Waals surface area contributed by atoms with E-state index in [1.807, 2.05) is 52.7 Å². The summed E-state index contributed by atoms with van der Waals surface area (Å²) in [6, 6.07) is 15.4. The number of fused-ring (bicyclic) bond motifs is 1. The van der Waals surface area contributed by atoms with Gasteiger partial charge in [0.25, 0.3) is 11.8 Å². The van der Waals surface area contributed by atoms with E-state index in [2.05, 4.69) is 9.88 Å². The number of aromatic nitrogens is 1. The first-order valence-corrected chi connectivity index (χ1v) is 13.5. The number of likely N-dealkylation sites (tertiary alicyclic amines) is 1. The van der Waals surface area contributed by atoms with Crippen LogP contribution in [0.4, 0.5) is 5.69 Å². The first kappa shape index (κ1) is 22.9. The number of thiazole rings is 1. The molecule has 0 unspecified atom stereocenters. The third-order valence-electron chi connectivity index (χ3n) is 7.49. The van der Waals surface area contributed by atoms with Crippen molar-refractivity contribution in [1.82, 2.24) is 14.8 Å². The molecule has 1 aromatic heterocycles. The van der Waals surface area contributed by atoms with Crippen LogP contribution in [0.15, 0.2) is 53.9 Å². The number of carbonyl (C=O) groups is 3. The van der Waals surface area contributed by atoms with Crippen LogP contribution in [0.3, 0.4) is 0 Å². The third-order valence-corrected chi connectivity index (χ3v) is 8.33. The smallest absolute Gasteiger partial charge is 0.264 e. The fraction of sp³-hybridized carbons (Fsp3) is 0.357. The van der Waals surface area contributed by atoms with Crippen molar-refractivity contribution < 1.29 is 14.4 Å². The molecule has 0 atom stereocenters. The molecule has 3 amide bonds. The van der Waals surface area contributed by atoms with Crippen molar-refractivity contribution in [3.63, 3.8) is 0 Å². The Morgan fingerprint density at radius 3 is 2.42 bits per heavy atom. The van der Waals surface area contributed by atoms with E-state index in [4.69, 9.17) is 0 Å². The van der Waals surface area contributed by atoms with Crippen LogP contribution in [0.5, 0.6) is 0 Å². The van der Waals surface area contributed by atoms with E-state index >= 15 is 0 Å². The average Bonchev–Trinajstić information content (AvgIpc) is 3.67. The lowest BCUT2D eigenvalue weighted by Crippen LogP contribution is -2.42. The Hall–Kier alpha value is -3.52. The SMILES string of the molecule is O=C(C1CCN(c2cccc3c2C(=O)N(Cc2nc(-c4ccccc4)cs2)C3=O)CC1)N1CCCC1. The molecule has 6 rings (SSSR count). The van der Waals surface area contributed by atoms with E-state index in [-0.39, 0.29) is 30.2 Å². The number of imide groups is 1. The topological polar surface area (TPSA) is 73.8 Å². The zero-order valence-corrected chi connectivity index (χ0v) is 20.9. The van der Waals surface area contributed by atoms with Crippen LogP contribution in [-0.2, 0) is 11.3 Å². The fourth-order valence-corrected chi connectivity index (χ4v) is 6.34. The highest BCUT2D eigenvalue weighted by Crippen LogP contribution is 2.35. The molecule has 2 fully saturated rings. The molecular weight excluding hydrogens is 472 g/mol. The molecule has 8 heteroatoms. The number of benzene rings is 2. The first-order chi connectivity index (χ1) is 17.6. The number of piperidine rings is 1. The second-order valence-electron chi connectivity index (χ2n) is 9.68. The van der Waals surface area contributed by atoms with Gasteiger partial charge in [-0.15, -0.1) is 11.3 Å². The second kappa shape index (κ2) is 9.50. The van der Waals surface area contributed by atoms with Gasteiger partial charge >= 0.3 is 0 Å². The Labute approximate surface area is 214 Å². The number of nitrogens with zero attached hydrogens (tertiary/aromatic N) is 4. The van der Waals surface area contributed by atoms with Gasteiger partial charge in [0, 0.05) is 43.0 Å². The van der Waals surface area contributed by atoms with Crippen molar-refractivity contribution in [3.05, 3.63) is 70.0 Å². The predicted octanol–water partition coefficient (Wildman–Crippen LogP) is 4.45. The molecule has 0 spiro atoms. The second-order valence-corrected chi connectivity index (χ2v) is 10.6. The van der Waals surface area contributed by atoms with Gasteiger partial charge in [-0.25, -0.2) is 4.98 Å². The molecule has 3 aliphatic heterocycles. The predicted molar refractivity (Wildman–Crippen MR) is 139 cm³/mol.